The second-order valence-corrected chi connectivity index (χ2v) is 6.85. The normalized spacial score (nSPS) is 11.9. The van der Waals surface area contributed by atoms with Gasteiger partial charge in [-0.2, -0.15) is 5.10 Å². The molecule has 0 unspecified atom stereocenters. The molecule has 0 fully saturated rings. The molecule has 0 saturated heterocycles. The van der Waals surface area contributed by atoms with E-state index in [1.165, 1.54) is 7.11 Å². The van der Waals surface area contributed by atoms with Crippen LogP contribution in [0.1, 0.15) is 35.5 Å². The minimum absolute atomic E-state index is 0.0393. The van der Waals surface area contributed by atoms with Crippen molar-refractivity contribution in [2.24, 2.45) is 0 Å². The Morgan fingerprint density at radius 2 is 1.96 bits per heavy atom. The number of hydrogen-bond donors (Lipinski definition) is 1. The lowest BCUT2D eigenvalue weighted by molar-refractivity contribution is 0.0939. The summed E-state index contributed by atoms with van der Waals surface area (Å²) >= 11 is 5.92. The number of benzene rings is 1. The standard InChI is InChI=1S/C20H22ClN5O2/c1-4-17-16(12-22-26(17)18-9-10-19(28-3)25-24-18)20(27)23-13(2)11-14-5-7-15(21)8-6-14/h5-10,12-13H,4,11H2,1-3H3,(H,23,27)/t13-/m0/s1. The number of ether oxygens (including phenoxy) is 1. The van der Waals surface area contributed by atoms with Crippen LogP contribution in [0.5, 0.6) is 5.88 Å². The molecule has 146 valence electrons. The van der Waals surface area contributed by atoms with Gasteiger partial charge in [-0.25, -0.2) is 4.68 Å². The molecule has 28 heavy (non-hydrogen) atoms. The molecule has 1 aromatic carbocycles. The number of nitrogens with one attached hydrogen (secondary N) is 1. The molecule has 0 aliphatic rings. The van der Waals surface area contributed by atoms with E-state index in [9.17, 15) is 4.79 Å². The van der Waals surface area contributed by atoms with Gasteiger partial charge in [0.15, 0.2) is 5.82 Å². The van der Waals surface area contributed by atoms with Gasteiger partial charge in [-0.05, 0) is 43.5 Å². The van der Waals surface area contributed by atoms with Gasteiger partial charge < -0.3 is 10.1 Å². The van der Waals surface area contributed by atoms with Crippen LogP contribution in [0.3, 0.4) is 0 Å². The molecule has 0 radical (unpaired) electrons. The summed E-state index contributed by atoms with van der Waals surface area (Å²) in [5.74, 6) is 0.792. The quantitative estimate of drug-likeness (QED) is 0.659. The van der Waals surface area contributed by atoms with E-state index >= 15 is 0 Å². The summed E-state index contributed by atoms with van der Waals surface area (Å²) < 4.78 is 6.66. The van der Waals surface area contributed by atoms with Gasteiger partial charge in [0.1, 0.15) is 0 Å². The first-order valence-corrected chi connectivity index (χ1v) is 9.40. The predicted octanol–water partition coefficient (Wildman–Crippen LogP) is 3.25. The highest BCUT2D eigenvalue weighted by molar-refractivity contribution is 6.30. The number of methoxy groups -OCH3 is 1. The molecule has 8 heteroatoms. The van der Waals surface area contributed by atoms with Gasteiger partial charge in [0.2, 0.25) is 5.88 Å². The highest BCUT2D eigenvalue weighted by Crippen LogP contribution is 2.16. The number of carbonyl (C=O) groups excluding carboxylic acids is 1. The van der Waals surface area contributed by atoms with Crippen LogP contribution < -0.4 is 10.1 Å². The Morgan fingerprint density at radius 1 is 1.21 bits per heavy atom. The number of hydrogen-bond acceptors (Lipinski definition) is 5. The van der Waals surface area contributed by atoms with E-state index in [4.69, 9.17) is 16.3 Å². The van der Waals surface area contributed by atoms with Crippen molar-refractivity contribution in [2.45, 2.75) is 32.7 Å². The van der Waals surface area contributed by atoms with E-state index in [1.807, 2.05) is 38.1 Å². The molecule has 0 aliphatic carbocycles. The summed E-state index contributed by atoms with van der Waals surface area (Å²) in [6, 6.07) is 11.0. The lowest BCUT2D eigenvalue weighted by Crippen LogP contribution is -2.34. The first-order valence-electron chi connectivity index (χ1n) is 9.02. The molecule has 3 aromatic rings. The molecule has 0 saturated carbocycles. The lowest BCUT2D eigenvalue weighted by atomic mass is 10.1. The third kappa shape index (κ3) is 4.48. The zero-order chi connectivity index (χ0) is 20.1. The Bertz CT molecular complexity index is 938. The third-order valence-electron chi connectivity index (χ3n) is 4.33. The van der Waals surface area contributed by atoms with E-state index in [-0.39, 0.29) is 11.9 Å². The van der Waals surface area contributed by atoms with Crippen LogP contribution in [-0.4, -0.2) is 39.0 Å². The van der Waals surface area contributed by atoms with Crippen LogP contribution in [0.15, 0.2) is 42.6 Å². The van der Waals surface area contributed by atoms with Gasteiger partial charge in [-0.3, -0.25) is 4.79 Å². The molecule has 2 aromatic heterocycles. The SMILES string of the molecule is CCc1c(C(=O)N[C@@H](C)Cc2ccc(Cl)cc2)cnn1-c1ccc(OC)nn1. The van der Waals surface area contributed by atoms with Crippen molar-refractivity contribution in [3.63, 3.8) is 0 Å². The molecule has 0 spiro atoms. The van der Waals surface area contributed by atoms with Crippen LogP contribution >= 0.6 is 11.6 Å². The summed E-state index contributed by atoms with van der Waals surface area (Å²) in [7, 11) is 1.53. The second-order valence-electron chi connectivity index (χ2n) is 6.41. The van der Waals surface area contributed by atoms with Crippen molar-refractivity contribution in [3.05, 3.63) is 64.4 Å². The predicted molar refractivity (Wildman–Crippen MR) is 107 cm³/mol. The third-order valence-corrected chi connectivity index (χ3v) is 4.59. The van der Waals surface area contributed by atoms with E-state index < -0.39 is 0 Å². The van der Waals surface area contributed by atoms with Crippen molar-refractivity contribution < 1.29 is 9.53 Å². The van der Waals surface area contributed by atoms with Crippen LogP contribution in [0.4, 0.5) is 0 Å². The number of amides is 1. The van der Waals surface area contributed by atoms with Gasteiger partial charge in [0.25, 0.3) is 5.91 Å². The van der Waals surface area contributed by atoms with E-state index in [0.717, 1.165) is 11.3 Å². The second kappa shape index (κ2) is 8.84. The summed E-state index contributed by atoms with van der Waals surface area (Å²) in [5.41, 5.74) is 2.41. The monoisotopic (exact) mass is 399 g/mol. The summed E-state index contributed by atoms with van der Waals surface area (Å²) in [6.07, 6.45) is 2.90. The van der Waals surface area contributed by atoms with Crippen molar-refractivity contribution in [3.8, 4) is 11.7 Å². The van der Waals surface area contributed by atoms with Gasteiger partial charge in [0, 0.05) is 17.1 Å². The minimum Gasteiger partial charge on any atom is -0.480 e. The molecule has 2 heterocycles. The molecular formula is C20H22ClN5O2. The van der Waals surface area contributed by atoms with Crippen LogP contribution in [0.2, 0.25) is 5.02 Å². The topological polar surface area (TPSA) is 81.9 Å². The van der Waals surface area contributed by atoms with Gasteiger partial charge in [-0.1, -0.05) is 30.7 Å². The fourth-order valence-electron chi connectivity index (χ4n) is 2.96. The first-order chi connectivity index (χ1) is 13.5. The van der Waals surface area contributed by atoms with Crippen molar-refractivity contribution in [1.82, 2.24) is 25.3 Å². The summed E-state index contributed by atoms with van der Waals surface area (Å²) in [5, 5.41) is 16.1. The smallest absolute Gasteiger partial charge is 0.254 e. The van der Waals surface area contributed by atoms with Gasteiger partial charge in [0.05, 0.1) is 24.6 Å². The highest BCUT2D eigenvalue weighted by atomic mass is 35.5. The fraction of sp³-hybridized carbons (Fsp3) is 0.300. The summed E-state index contributed by atoms with van der Waals surface area (Å²) in [6.45, 7) is 3.94. The fourth-order valence-corrected chi connectivity index (χ4v) is 3.09. The molecule has 3 rings (SSSR count). The molecular weight excluding hydrogens is 378 g/mol. The van der Waals surface area contributed by atoms with Crippen molar-refractivity contribution in [2.75, 3.05) is 7.11 Å². The Hall–Kier alpha value is -2.93. The number of halogens is 1. The number of nitrogens with zero attached hydrogens (tertiary/aromatic N) is 4. The number of aromatic nitrogens is 4. The average Bonchev–Trinajstić information content (AvgIpc) is 3.14. The van der Waals surface area contributed by atoms with Gasteiger partial charge in [-0.15, -0.1) is 10.2 Å². The average molecular weight is 400 g/mol. The molecule has 7 nitrogen and oxygen atoms in total. The molecule has 0 aliphatic heterocycles. The maximum Gasteiger partial charge on any atom is 0.254 e. The molecule has 1 amide bonds. The molecule has 0 bridgehead atoms. The lowest BCUT2D eigenvalue weighted by Gasteiger charge is -2.14. The van der Waals surface area contributed by atoms with Crippen LogP contribution in [0.25, 0.3) is 5.82 Å². The number of carbonyl (C=O) groups is 1. The minimum atomic E-state index is -0.161. The van der Waals surface area contributed by atoms with Crippen LogP contribution in [0, 0.1) is 0 Å². The maximum absolute atomic E-state index is 12.8. The Balaban J connectivity index is 1.74. The zero-order valence-corrected chi connectivity index (χ0v) is 16.8. The van der Waals surface area contributed by atoms with Crippen molar-refractivity contribution >= 4 is 17.5 Å². The number of rotatable bonds is 7. The Morgan fingerprint density at radius 3 is 2.57 bits per heavy atom. The Kier molecular flexibility index (Phi) is 6.26. The molecule has 1 atom stereocenters. The van der Waals surface area contributed by atoms with Gasteiger partial charge >= 0.3 is 0 Å². The van der Waals surface area contributed by atoms with Crippen molar-refractivity contribution in [1.29, 1.82) is 0 Å². The summed E-state index contributed by atoms with van der Waals surface area (Å²) in [4.78, 5) is 12.8. The maximum atomic E-state index is 12.8. The zero-order valence-electron chi connectivity index (χ0n) is 16.0. The van der Waals surface area contributed by atoms with E-state index in [2.05, 4.69) is 20.6 Å². The first kappa shape index (κ1) is 19.8. The van der Waals surface area contributed by atoms with Crippen LogP contribution in [-0.2, 0) is 12.8 Å². The highest BCUT2D eigenvalue weighted by Gasteiger charge is 2.19. The van der Waals surface area contributed by atoms with E-state index in [0.29, 0.717) is 35.1 Å². The largest absolute Gasteiger partial charge is 0.480 e. The molecule has 1 N–H and O–H groups in total. The Labute approximate surface area is 168 Å². The van der Waals surface area contributed by atoms with E-state index in [1.54, 1.807) is 23.0 Å².